The molecule has 0 radical (unpaired) electrons. The molecule has 0 atom stereocenters. The van der Waals surface area contributed by atoms with E-state index in [1.807, 2.05) is 12.1 Å². The number of alkyl halides is 1. The number of imidazole rings is 1. The molecule has 0 amide bonds. The largest absolute Gasteiger partial charge is 0.494 e. The lowest BCUT2D eigenvalue weighted by atomic mass is 10.1. The topological polar surface area (TPSA) is 27.1 Å². The van der Waals surface area contributed by atoms with E-state index in [4.69, 9.17) is 21.3 Å². The fourth-order valence-electron chi connectivity index (χ4n) is 2.54. The van der Waals surface area contributed by atoms with Crippen LogP contribution >= 0.6 is 11.6 Å². The van der Waals surface area contributed by atoms with Crippen LogP contribution in [0.1, 0.15) is 25.6 Å². The lowest BCUT2D eigenvalue weighted by Crippen LogP contribution is -2.11. The minimum Gasteiger partial charge on any atom is -0.494 e. The SMILES string of the molecule is COc1cccc2c1nc(CCCl)n2CC1(C)CC1. The molecular formula is C15H19ClN2O. The number of fused-ring (bicyclic) bond motifs is 1. The molecule has 4 heteroatoms. The highest BCUT2D eigenvalue weighted by molar-refractivity contribution is 6.17. The third-order valence-electron chi connectivity index (χ3n) is 4.00. The Labute approximate surface area is 118 Å². The van der Waals surface area contributed by atoms with Gasteiger partial charge >= 0.3 is 0 Å². The second-order valence-corrected chi connectivity index (χ2v) is 6.07. The van der Waals surface area contributed by atoms with Crippen molar-refractivity contribution in [2.45, 2.75) is 32.7 Å². The van der Waals surface area contributed by atoms with E-state index in [1.165, 1.54) is 12.8 Å². The molecule has 1 aromatic carbocycles. The van der Waals surface area contributed by atoms with Crippen LogP contribution in [0, 0.1) is 5.41 Å². The van der Waals surface area contributed by atoms with E-state index < -0.39 is 0 Å². The number of hydrogen-bond acceptors (Lipinski definition) is 2. The van der Waals surface area contributed by atoms with Gasteiger partial charge in [0.05, 0.1) is 12.6 Å². The van der Waals surface area contributed by atoms with E-state index in [0.29, 0.717) is 11.3 Å². The number of aryl methyl sites for hydroxylation is 1. The van der Waals surface area contributed by atoms with E-state index in [0.717, 1.165) is 35.6 Å². The molecule has 1 aliphatic carbocycles. The summed E-state index contributed by atoms with van der Waals surface area (Å²) in [6, 6.07) is 6.11. The monoisotopic (exact) mass is 278 g/mol. The lowest BCUT2D eigenvalue weighted by molar-refractivity contribution is 0.419. The summed E-state index contributed by atoms with van der Waals surface area (Å²) in [4.78, 5) is 4.74. The highest BCUT2D eigenvalue weighted by atomic mass is 35.5. The fraction of sp³-hybridized carbons (Fsp3) is 0.533. The van der Waals surface area contributed by atoms with Crippen molar-refractivity contribution in [3.8, 4) is 5.75 Å². The van der Waals surface area contributed by atoms with Gasteiger partial charge in [0.25, 0.3) is 0 Å². The zero-order valence-corrected chi connectivity index (χ0v) is 12.2. The minimum atomic E-state index is 0.442. The van der Waals surface area contributed by atoms with Gasteiger partial charge < -0.3 is 9.30 Å². The van der Waals surface area contributed by atoms with E-state index in [-0.39, 0.29) is 0 Å². The maximum atomic E-state index is 5.91. The van der Waals surface area contributed by atoms with Crippen molar-refractivity contribution >= 4 is 22.6 Å². The van der Waals surface area contributed by atoms with Gasteiger partial charge in [-0.1, -0.05) is 13.0 Å². The van der Waals surface area contributed by atoms with E-state index in [2.05, 4.69) is 17.6 Å². The molecule has 0 aliphatic heterocycles. The summed E-state index contributed by atoms with van der Waals surface area (Å²) >= 11 is 5.91. The molecule has 19 heavy (non-hydrogen) atoms. The van der Waals surface area contributed by atoms with Crippen molar-refractivity contribution in [3.05, 3.63) is 24.0 Å². The summed E-state index contributed by atoms with van der Waals surface area (Å²) in [7, 11) is 1.69. The standard InChI is InChI=1S/C15H19ClN2O/c1-15(7-8-15)10-18-11-4-3-5-12(19-2)14(11)17-13(18)6-9-16/h3-5H,6-10H2,1-2H3. The molecule has 0 saturated heterocycles. The Kier molecular flexibility index (Phi) is 3.17. The van der Waals surface area contributed by atoms with Crippen molar-refractivity contribution in [1.29, 1.82) is 0 Å². The summed E-state index contributed by atoms with van der Waals surface area (Å²) in [5.74, 6) is 2.51. The lowest BCUT2D eigenvalue weighted by Gasteiger charge is -2.13. The Bertz CT molecular complexity index is 601. The normalized spacial score (nSPS) is 16.8. The van der Waals surface area contributed by atoms with Crippen LogP contribution in [0.15, 0.2) is 18.2 Å². The highest BCUT2D eigenvalue weighted by Crippen LogP contribution is 2.47. The third kappa shape index (κ3) is 2.32. The van der Waals surface area contributed by atoms with Crippen LogP contribution in [0.25, 0.3) is 11.0 Å². The number of hydrogen-bond donors (Lipinski definition) is 0. The molecule has 1 heterocycles. The van der Waals surface area contributed by atoms with Crippen molar-refractivity contribution < 1.29 is 4.74 Å². The molecular weight excluding hydrogens is 260 g/mol. The van der Waals surface area contributed by atoms with Crippen molar-refractivity contribution in [3.63, 3.8) is 0 Å². The van der Waals surface area contributed by atoms with Gasteiger partial charge in [-0.05, 0) is 30.4 Å². The maximum absolute atomic E-state index is 5.91. The Morgan fingerprint density at radius 3 is 2.84 bits per heavy atom. The third-order valence-corrected chi connectivity index (χ3v) is 4.19. The van der Waals surface area contributed by atoms with Crippen molar-refractivity contribution in [2.24, 2.45) is 5.41 Å². The van der Waals surface area contributed by atoms with Crippen LogP contribution in [0.2, 0.25) is 0 Å². The smallest absolute Gasteiger partial charge is 0.146 e. The zero-order chi connectivity index (χ0) is 13.5. The van der Waals surface area contributed by atoms with Crippen LogP contribution in [-0.4, -0.2) is 22.5 Å². The van der Waals surface area contributed by atoms with Crippen LogP contribution in [0.4, 0.5) is 0 Å². The zero-order valence-electron chi connectivity index (χ0n) is 11.4. The molecule has 0 spiro atoms. The Morgan fingerprint density at radius 2 is 2.21 bits per heavy atom. The Morgan fingerprint density at radius 1 is 1.42 bits per heavy atom. The molecule has 1 aliphatic rings. The quantitative estimate of drug-likeness (QED) is 0.781. The highest BCUT2D eigenvalue weighted by Gasteiger charge is 2.38. The Balaban J connectivity index is 2.12. The average molecular weight is 279 g/mol. The van der Waals surface area contributed by atoms with Crippen LogP contribution in [0.3, 0.4) is 0 Å². The Hall–Kier alpha value is -1.22. The molecule has 3 rings (SSSR count). The number of para-hydroxylation sites is 1. The number of ether oxygens (including phenoxy) is 1. The van der Waals surface area contributed by atoms with Gasteiger partial charge in [0.15, 0.2) is 0 Å². The van der Waals surface area contributed by atoms with Gasteiger partial charge in [0.2, 0.25) is 0 Å². The van der Waals surface area contributed by atoms with Crippen LogP contribution in [-0.2, 0) is 13.0 Å². The predicted octanol–water partition coefficient (Wildman–Crippen LogP) is 3.63. The second kappa shape index (κ2) is 4.71. The number of methoxy groups -OCH3 is 1. The number of halogens is 1. The second-order valence-electron chi connectivity index (χ2n) is 5.69. The first kappa shape index (κ1) is 12.8. The summed E-state index contributed by atoms with van der Waals surface area (Å²) < 4.78 is 7.74. The van der Waals surface area contributed by atoms with Crippen LogP contribution < -0.4 is 4.74 Å². The summed E-state index contributed by atoms with van der Waals surface area (Å²) in [5.41, 5.74) is 2.56. The van der Waals surface area contributed by atoms with Crippen molar-refractivity contribution in [2.75, 3.05) is 13.0 Å². The first-order valence-electron chi connectivity index (χ1n) is 6.75. The summed E-state index contributed by atoms with van der Waals surface area (Å²) in [5, 5.41) is 0. The van der Waals surface area contributed by atoms with Gasteiger partial charge in [-0.3, -0.25) is 0 Å². The first-order chi connectivity index (χ1) is 9.17. The summed E-state index contributed by atoms with van der Waals surface area (Å²) in [6.45, 7) is 3.37. The van der Waals surface area contributed by atoms with Gasteiger partial charge in [-0.2, -0.15) is 0 Å². The molecule has 3 nitrogen and oxygen atoms in total. The van der Waals surface area contributed by atoms with E-state index in [9.17, 15) is 0 Å². The molecule has 1 saturated carbocycles. The van der Waals surface area contributed by atoms with Gasteiger partial charge in [-0.25, -0.2) is 4.98 Å². The average Bonchev–Trinajstić information content (AvgIpc) is 3.04. The molecule has 1 aromatic heterocycles. The molecule has 0 N–H and O–H groups in total. The van der Waals surface area contributed by atoms with Gasteiger partial charge in [-0.15, -0.1) is 11.6 Å². The van der Waals surface area contributed by atoms with E-state index in [1.54, 1.807) is 7.11 Å². The minimum absolute atomic E-state index is 0.442. The number of rotatable bonds is 5. The molecule has 0 bridgehead atoms. The predicted molar refractivity (Wildman–Crippen MR) is 78.1 cm³/mol. The molecule has 1 fully saturated rings. The fourth-order valence-corrected chi connectivity index (χ4v) is 2.71. The number of benzene rings is 1. The van der Waals surface area contributed by atoms with Crippen molar-refractivity contribution in [1.82, 2.24) is 9.55 Å². The molecule has 2 aromatic rings. The van der Waals surface area contributed by atoms with E-state index >= 15 is 0 Å². The van der Waals surface area contributed by atoms with Crippen LogP contribution in [0.5, 0.6) is 5.75 Å². The molecule has 102 valence electrons. The first-order valence-corrected chi connectivity index (χ1v) is 7.28. The molecule has 0 unspecified atom stereocenters. The maximum Gasteiger partial charge on any atom is 0.146 e. The number of nitrogens with zero attached hydrogens (tertiary/aromatic N) is 2. The van der Waals surface area contributed by atoms with Gasteiger partial charge in [0, 0.05) is 18.8 Å². The van der Waals surface area contributed by atoms with Gasteiger partial charge in [0.1, 0.15) is 17.1 Å². The number of aromatic nitrogens is 2. The summed E-state index contributed by atoms with van der Waals surface area (Å²) in [6.07, 6.45) is 3.41.